The van der Waals surface area contributed by atoms with Crippen LogP contribution in [0.5, 0.6) is 0 Å². The van der Waals surface area contributed by atoms with Gasteiger partial charge in [0.25, 0.3) is 0 Å². The van der Waals surface area contributed by atoms with E-state index in [2.05, 4.69) is 35.5 Å². The molecule has 84 valence electrons. The maximum Gasteiger partial charge on any atom is 0.0874 e. The molecule has 1 N–H and O–H groups in total. The summed E-state index contributed by atoms with van der Waals surface area (Å²) in [5.74, 6) is 0. The van der Waals surface area contributed by atoms with Crippen LogP contribution >= 0.6 is 0 Å². The summed E-state index contributed by atoms with van der Waals surface area (Å²) in [5.41, 5.74) is 5.54. The lowest BCUT2D eigenvalue weighted by molar-refractivity contribution is 0.318. The average Bonchev–Trinajstić information content (AvgIpc) is 2.81. The van der Waals surface area contributed by atoms with Gasteiger partial charge < -0.3 is 5.21 Å². The minimum atomic E-state index is 0.804. The van der Waals surface area contributed by atoms with Crippen molar-refractivity contribution in [1.29, 1.82) is 0 Å². The number of aryl methyl sites for hydroxylation is 1. The molecule has 1 aliphatic carbocycles. The Morgan fingerprint density at radius 2 is 1.71 bits per heavy atom. The van der Waals surface area contributed by atoms with E-state index in [9.17, 15) is 0 Å². The smallest absolute Gasteiger partial charge is 0.0874 e. The first-order chi connectivity index (χ1) is 8.38. The lowest BCUT2D eigenvalue weighted by Gasteiger charge is -2.05. The second kappa shape index (κ2) is 4.06. The second-order valence-electron chi connectivity index (χ2n) is 4.28. The number of oxime groups is 1. The van der Waals surface area contributed by atoms with Crippen molar-refractivity contribution in [2.24, 2.45) is 5.16 Å². The maximum atomic E-state index is 8.96. The Bertz CT molecular complexity index is 573. The molecule has 2 heteroatoms. The lowest BCUT2D eigenvalue weighted by Crippen LogP contribution is -1.94. The molecule has 3 rings (SSSR count). The first kappa shape index (κ1) is 10.1. The molecule has 0 radical (unpaired) electrons. The summed E-state index contributed by atoms with van der Waals surface area (Å²) in [6, 6.07) is 16.6. The molecule has 0 atom stereocenters. The largest absolute Gasteiger partial charge is 0.411 e. The summed E-state index contributed by atoms with van der Waals surface area (Å²) in [5, 5.41) is 12.3. The fourth-order valence-corrected chi connectivity index (χ4v) is 2.36. The van der Waals surface area contributed by atoms with Crippen molar-refractivity contribution in [3.05, 3.63) is 59.7 Å². The molecule has 0 saturated carbocycles. The van der Waals surface area contributed by atoms with E-state index < -0.39 is 0 Å². The highest BCUT2D eigenvalue weighted by Crippen LogP contribution is 2.28. The Morgan fingerprint density at radius 1 is 0.882 bits per heavy atom. The van der Waals surface area contributed by atoms with Crippen molar-refractivity contribution in [2.45, 2.75) is 12.8 Å². The molecule has 0 bridgehead atoms. The molecule has 0 heterocycles. The number of nitrogens with zero attached hydrogens (tertiary/aromatic N) is 1. The van der Waals surface area contributed by atoms with Crippen LogP contribution in [-0.2, 0) is 6.42 Å². The average molecular weight is 223 g/mol. The number of hydrogen-bond donors (Lipinski definition) is 1. The number of hydrogen-bond acceptors (Lipinski definition) is 2. The molecule has 17 heavy (non-hydrogen) atoms. The van der Waals surface area contributed by atoms with Gasteiger partial charge in [-0.05, 0) is 35.6 Å². The van der Waals surface area contributed by atoms with Crippen molar-refractivity contribution < 1.29 is 5.21 Å². The Morgan fingerprint density at radius 3 is 2.47 bits per heavy atom. The fourth-order valence-electron chi connectivity index (χ4n) is 2.36. The molecule has 1 aliphatic rings. The molecule has 0 aromatic heterocycles. The second-order valence-corrected chi connectivity index (χ2v) is 4.28. The minimum absolute atomic E-state index is 0.804. The standard InChI is InChI=1S/C15H13NO/c17-16-15-9-8-12-6-7-13(10-14(12)15)11-4-2-1-3-5-11/h1-7,10,17H,8-9H2. The van der Waals surface area contributed by atoms with Crippen LogP contribution in [0.25, 0.3) is 11.1 Å². The van der Waals surface area contributed by atoms with Gasteiger partial charge >= 0.3 is 0 Å². The van der Waals surface area contributed by atoms with Gasteiger partial charge in [-0.15, -0.1) is 0 Å². The van der Waals surface area contributed by atoms with E-state index in [-0.39, 0.29) is 0 Å². The van der Waals surface area contributed by atoms with Crippen LogP contribution in [0.4, 0.5) is 0 Å². The van der Waals surface area contributed by atoms with E-state index in [1.807, 2.05) is 18.2 Å². The normalized spacial score (nSPS) is 16.1. The summed E-state index contributed by atoms with van der Waals surface area (Å²) < 4.78 is 0. The summed E-state index contributed by atoms with van der Waals surface area (Å²) in [7, 11) is 0. The number of benzene rings is 2. The third-order valence-corrected chi connectivity index (χ3v) is 3.28. The van der Waals surface area contributed by atoms with Crippen LogP contribution in [0.2, 0.25) is 0 Å². The molecule has 0 unspecified atom stereocenters. The van der Waals surface area contributed by atoms with Gasteiger partial charge in [-0.3, -0.25) is 0 Å². The molecule has 2 aromatic carbocycles. The summed E-state index contributed by atoms with van der Waals surface area (Å²) in [6.07, 6.45) is 1.81. The van der Waals surface area contributed by atoms with Crippen LogP contribution in [0, 0.1) is 0 Å². The third-order valence-electron chi connectivity index (χ3n) is 3.28. The Kier molecular flexibility index (Phi) is 2.41. The van der Waals surface area contributed by atoms with Crippen molar-refractivity contribution in [3.63, 3.8) is 0 Å². The van der Waals surface area contributed by atoms with Crippen LogP contribution in [-0.4, -0.2) is 10.9 Å². The zero-order chi connectivity index (χ0) is 11.7. The van der Waals surface area contributed by atoms with Crippen molar-refractivity contribution in [2.75, 3.05) is 0 Å². The van der Waals surface area contributed by atoms with Gasteiger partial charge in [0.15, 0.2) is 0 Å². The van der Waals surface area contributed by atoms with Gasteiger partial charge in [-0.25, -0.2) is 0 Å². The van der Waals surface area contributed by atoms with E-state index >= 15 is 0 Å². The van der Waals surface area contributed by atoms with E-state index in [0.717, 1.165) is 24.1 Å². The van der Waals surface area contributed by atoms with Crippen LogP contribution < -0.4 is 0 Å². The summed E-state index contributed by atoms with van der Waals surface area (Å²) in [4.78, 5) is 0. The minimum Gasteiger partial charge on any atom is -0.411 e. The molecule has 0 amide bonds. The number of rotatable bonds is 1. The van der Waals surface area contributed by atoms with Gasteiger partial charge in [0.1, 0.15) is 0 Å². The first-order valence-electron chi connectivity index (χ1n) is 5.78. The lowest BCUT2D eigenvalue weighted by atomic mass is 10.0. The molecular weight excluding hydrogens is 210 g/mol. The topological polar surface area (TPSA) is 32.6 Å². The van der Waals surface area contributed by atoms with E-state index in [4.69, 9.17) is 5.21 Å². The molecule has 0 fully saturated rings. The van der Waals surface area contributed by atoms with Gasteiger partial charge in [0.2, 0.25) is 0 Å². The van der Waals surface area contributed by atoms with E-state index in [0.29, 0.717) is 0 Å². The summed E-state index contributed by atoms with van der Waals surface area (Å²) in [6.45, 7) is 0. The molecular formula is C15H13NO. The number of fused-ring (bicyclic) bond motifs is 1. The highest BCUT2D eigenvalue weighted by molar-refractivity contribution is 6.05. The quantitative estimate of drug-likeness (QED) is 0.582. The molecule has 2 nitrogen and oxygen atoms in total. The fraction of sp³-hybridized carbons (Fsp3) is 0.133. The van der Waals surface area contributed by atoms with Crippen molar-refractivity contribution in [3.8, 4) is 11.1 Å². The Labute approximate surface area is 100 Å². The van der Waals surface area contributed by atoms with Gasteiger partial charge in [-0.2, -0.15) is 0 Å². The predicted octanol–water partition coefficient (Wildman–Crippen LogP) is 3.48. The first-order valence-corrected chi connectivity index (χ1v) is 5.78. The third kappa shape index (κ3) is 1.72. The highest BCUT2D eigenvalue weighted by Gasteiger charge is 2.18. The van der Waals surface area contributed by atoms with E-state index in [1.54, 1.807) is 0 Å². The van der Waals surface area contributed by atoms with Crippen LogP contribution in [0.15, 0.2) is 53.7 Å². The van der Waals surface area contributed by atoms with Crippen molar-refractivity contribution in [1.82, 2.24) is 0 Å². The van der Waals surface area contributed by atoms with Gasteiger partial charge in [-0.1, -0.05) is 47.6 Å². The SMILES string of the molecule is ON=C1CCc2ccc(-c3ccccc3)cc21. The Balaban J connectivity index is 2.11. The summed E-state index contributed by atoms with van der Waals surface area (Å²) >= 11 is 0. The maximum absolute atomic E-state index is 8.96. The molecule has 0 saturated heterocycles. The van der Waals surface area contributed by atoms with E-state index in [1.165, 1.54) is 16.7 Å². The molecule has 0 spiro atoms. The van der Waals surface area contributed by atoms with Gasteiger partial charge in [0.05, 0.1) is 5.71 Å². The molecule has 2 aromatic rings. The van der Waals surface area contributed by atoms with Crippen LogP contribution in [0.3, 0.4) is 0 Å². The highest BCUT2D eigenvalue weighted by atomic mass is 16.4. The predicted molar refractivity (Wildman–Crippen MR) is 68.5 cm³/mol. The monoisotopic (exact) mass is 223 g/mol. The van der Waals surface area contributed by atoms with Crippen LogP contribution in [0.1, 0.15) is 17.5 Å². The zero-order valence-corrected chi connectivity index (χ0v) is 9.43. The Hall–Kier alpha value is -2.09. The zero-order valence-electron chi connectivity index (χ0n) is 9.43. The van der Waals surface area contributed by atoms with Gasteiger partial charge in [0, 0.05) is 5.56 Å². The molecule has 0 aliphatic heterocycles. The van der Waals surface area contributed by atoms with Crippen molar-refractivity contribution >= 4 is 5.71 Å².